The Morgan fingerprint density at radius 2 is 1.08 bits per heavy atom. The van der Waals surface area contributed by atoms with Crippen molar-refractivity contribution in [2.24, 2.45) is 23.7 Å². The molecular formula is C50H42N2. The fourth-order valence-corrected chi connectivity index (χ4v) is 12.1. The van der Waals surface area contributed by atoms with Crippen LogP contribution in [-0.4, -0.2) is 0 Å². The molecular weight excluding hydrogens is 629 g/mol. The maximum absolute atomic E-state index is 10.1. The van der Waals surface area contributed by atoms with Gasteiger partial charge in [-0.15, -0.1) is 0 Å². The first kappa shape index (κ1) is 30.3. The second-order valence-corrected chi connectivity index (χ2v) is 16.9. The van der Waals surface area contributed by atoms with Gasteiger partial charge in [-0.3, -0.25) is 0 Å². The van der Waals surface area contributed by atoms with Gasteiger partial charge in [0.15, 0.2) is 0 Å². The van der Waals surface area contributed by atoms with Crippen molar-refractivity contribution in [2.45, 2.75) is 56.8 Å². The van der Waals surface area contributed by atoms with Crippen molar-refractivity contribution in [3.63, 3.8) is 0 Å². The van der Waals surface area contributed by atoms with E-state index in [0.717, 1.165) is 28.8 Å². The van der Waals surface area contributed by atoms with E-state index in [1.54, 1.807) is 0 Å². The Morgan fingerprint density at radius 3 is 1.81 bits per heavy atom. The van der Waals surface area contributed by atoms with Crippen LogP contribution < -0.4 is 4.90 Å². The molecule has 0 aromatic heterocycles. The molecule has 12 rings (SSSR count). The third-order valence-electron chi connectivity index (χ3n) is 14.1. The summed E-state index contributed by atoms with van der Waals surface area (Å²) in [7, 11) is 0. The summed E-state index contributed by atoms with van der Waals surface area (Å²) in [5.74, 6) is 3.15. The lowest BCUT2D eigenvalue weighted by Gasteiger charge is -2.61. The van der Waals surface area contributed by atoms with E-state index in [-0.39, 0.29) is 10.8 Å². The number of hydrogen-bond acceptors (Lipinski definition) is 2. The van der Waals surface area contributed by atoms with Gasteiger partial charge in [-0.05, 0) is 160 Å². The minimum Gasteiger partial charge on any atom is -0.310 e. The van der Waals surface area contributed by atoms with Crippen LogP contribution in [0.4, 0.5) is 17.1 Å². The molecule has 52 heavy (non-hydrogen) atoms. The molecule has 6 aromatic rings. The zero-order valence-corrected chi connectivity index (χ0v) is 29.9. The first-order chi connectivity index (χ1) is 25.4. The minimum atomic E-state index is -0.0960. The quantitative estimate of drug-likeness (QED) is 0.187. The van der Waals surface area contributed by atoms with Crippen LogP contribution in [0, 0.1) is 35.0 Å². The average Bonchev–Trinajstić information content (AvgIpc) is 3.59. The summed E-state index contributed by atoms with van der Waals surface area (Å²) in [6.07, 6.45) is 6.83. The van der Waals surface area contributed by atoms with E-state index >= 15 is 0 Å². The first-order valence-electron chi connectivity index (χ1n) is 19.3. The molecule has 4 bridgehead atoms. The van der Waals surface area contributed by atoms with Gasteiger partial charge in [-0.1, -0.05) is 98.8 Å². The molecule has 2 heteroatoms. The molecule has 4 fully saturated rings. The van der Waals surface area contributed by atoms with Gasteiger partial charge in [0.25, 0.3) is 0 Å². The Bertz CT molecular complexity index is 2430. The van der Waals surface area contributed by atoms with Crippen LogP contribution in [0.2, 0.25) is 0 Å². The van der Waals surface area contributed by atoms with E-state index in [1.165, 1.54) is 93.4 Å². The molecule has 6 aliphatic rings. The second kappa shape index (κ2) is 10.8. The molecule has 0 saturated heterocycles. The highest BCUT2D eigenvalue weighted by Crippen LogP contribution is 2.69. The van der Waals surface area contributed by atoms with Gasteiger partial charge in [-0.2, -0.15) is 5.26 Å². The number of nitriles is 1. The molecule has 0 N–H and O–H groups in total. The number of rotatable bonds is 4. The highest BCUT2D eigenvalue weighted by molar-refractivity contribution is 5.90. The van der Waals surface area contributed by atoms with Gasteiger partial charge in [-0.25, -0.2) is 0 Å². The van der Waals surface area contributed by atoms with Crippen molar-refractivity contribution < 1.29 is 0 Å². The van der Waals surface area contributed by atoms with Crippen LogP contribution in [0.5, 0.6) is 0 Å². The van der Waals surface area contributed by atoms with Crippen LogP contribution in [0.15, 0.2) is 133 Å². The highest BCUT2D eigenvalue weighted by atomic mass is 15.1. The molecule has 4 saturated carbocycles. The monoisotopic (exact) mass is 670 g/mol. The molecule has 1 spiro atoms. The molecule has 0 radical (unpaired) electrons. The van der Waals surface area contributed by atoms with E-state index in [9.17, 15) is 5.26 Å². The molecule has 0 aliphatic heterocycles. The van der Waals surface area contributed by atoms with E-state index in [0.29, 0.717) is 11.8 Å². The van der Waals surface area contributed by atoms with Crippen LogP contribution >= 0.6 is 0 Å². The number of hydrogen-bond donors (Lipinski definition) is 0. The Kier molecular flexibility index (Phi) is 6.29. The van der Waals surface area contributed by atoms with Gasteiger partial charge < -0.3 is 4.90 Å². The van der Waals surface area contributed by atoms with Crippen LogP contribution in [0.1, 0.15) is 73.8 Å². The fraction of sp³-hybridized carbons (Fsp3) is 0.260. The molecule has 0 unspecified atom stereocenters. The standard InChI is InChI=1S/C50H42N2/c1-49(2)45-11-7-6-10-41(45)42-19-17-40(29-48(42)49)52(38-15-13-35(14-16-38)34-8-4-3-5-9-34)39-18-21-47-44(28-39)43-27-31(30-51)12-20-46(43)50(47)36-23-32-22-33(25-36)26-37(50)24-32/h3-21,27-29,32-33,36-37H,22-26H2,1-2H3. The van der Waals surface area contributed by atoms with Gasteiger partial charge in [0, 0.05) is 27.9 Å². The SMILES string of the molecule is CC1(C)c2ccccc2-c2ccc(N(c3ccc(-c4ccccc4)cc3)c3ccc4c(c3)-c3cc(C#N)ccc3C43C4CC5CC(C4)CC3C5)cc21. The number of anilines is 3. The average molecular weight is 671 g/mol. The lowest BCUT2D eigenvalue weighted by molar-refractivity contribution is -0.0399. The van der Waals surface area contributed by atoms with Crippen molar-refractivity contribution >= 4 is 17.1 Å². The molecule has 0 amide bonds. The molecule has 0 atom stereocenters. The zero-order chi connectivity index (χ0) is 34.8. The lowest BCUT2D eigenvalue weighted by atomic mass is 9.43. The highest BCUT2D eigenvalue weighted by Gasteiger charge is 2.61. The van der Waals surface area contributed by atoms with E-state index in [2.05, 4.69) is 158 Å². The Labute approximate surface area is 307 Å². The van der Waals surface area contributed by atoms with Crippen molar-refractivity contribution in [1.82, 2.24) is 0 Å². The molecule has 0 heterocycles. The van der Waals surface area contributed by atoms with Gasteiger partial charge in [0.05, 0.1) is 11.6 Å². The molecule has 6 aliphatic carbocycles. The third kappa shape index (κ3) is 4.06. The number of fused-ring (bicyclic) bond motifs is 6. The zero-order valence-electron chi connectivity index (χ0n) is 29.9. The molecule has 252 valence electrons. The van der Waals surface area contributed by atoms with E-state index < -0.39 is 0 Å². The molecule has 2 nitrogen and oxygen atoms in total. The third-order valence-corrected chi connectivity index (χ3v) is 14.1. The largest absolute Gasteiger partial charge is 0.310 e. The maximum Gasteiger partial charge on any atom is 0.0991 e. The summed E-state index contributed by atoms with van der Waals surface area (Å²) >= 11 is 0. The van der Waals surface area contributed by atoms with Gasteiger partial charge in [0.1, 0.15) is 0 Å². The van der Waals surface area contributed by atoms with E-state index in [4.69, 9.17) is 0 Å². The van der Waals surface area contributed by atoms with Crippen molar-refractivity contribution in [2.75, 3.05) is 4.90 Å². The predicted octanol–water partition coefficient (Wildman–Crippen LogP) is 12.7. The topological polar surface area (TPSA) is 27.0 Å². The first-order valence-corrected chi connectivity index (χ1v) is 19.3. The van der Waals surface area contributed by atoms with Crippen LogP contribution in [0.3, 0.4) is 0 Å². The van der Waals surface area contributed by atoms with Crippen LogP contribution in [-0.2, 0) is 10.8 Å². The van der Waals surface area contributed by atoms with Gasteiger partial charge in [0.2, 0.25) is 0 Å². The fourth-order valence-electron chi connectivity index (χ4n) is 12.1. The summed E-state index contributed by atoms with van der Waals surface area (Å²) in [5.41, 5.74) is 17.7. The summed E-state index contributed by atoms with van der Waals surface area (Å²) < 4.78 is 0. The normalized spacial score (nSPS) is 24.9. The van der Waals surface area contributed by atoms with Crippen molar-refractivity contribution in [3.05, 3.63) is 161 Å². The Balaban J connectivity index is 1.10. The number of benzene rings is 6. The number of nitrogens with zero attached hydrogens (tertiary/aromatic N) is 2. The summed E-state index contributed by atoms with van der Waals surface area (Å²) in [4.78, 5) is 2.46. The predicted molar refractivity (Wildman–Crippen MR) is 212 cm³/mol. The van der Waals surface area contributed by atoms with E-state index in [1.807, 2.05) is 0 Å². The lowest BCUT2D eigenvalue weighted by Crippen LogP contribution is -2.55. The van der Waals surface area contributed by atoms with Gasteiger partial charge >= 0.3 is 0 Å². The minimum absolute atomic E-state index is 0.0656. The van der Waals surface area contributed by atoms with Crippen molar-refractivity contribution in [1.29, 1.82) is 5.26 Å². The van der Waals surface area contributed by atoms with Crippen LogP contribution in [0.25, 0.3) is 33.4 Å². The summed E-state index contributed by atoms with van der Waals surface area (Å²) in [6, 6.07) is 52.2. The smallest absolute Gasteiger partial charge is 0.0991 e. The second-order valence-electron chi connectivity index (χ2n) is 16.9. The van der Waals surface area contributed by atoms with Crippen molar-refractivity contribution in [3.8, 4) is 39.4 Å². The summed E-state index contributed by atoms with van der Waals surface area (Å²) in [6.45, 7) is 4.73. The maximum atomic E-state index is 10.1. The summed E-state index contributed by atoms with van der Waals surface area (Å²) in [5, 5.41) is 10.1. The molecule has 6 aromatic carbocycles. The Morgan fingerprint density at radius 1 is 0.500 bits per heavy atom. The Hall–Kier alpha value is -5.39.